The molecule has 0 aliphatic carbocycles. The average Bonchev–Trinajstić information content (AvgIpc) is 2.86. The maximum absolute atomic E-state index is 11.4. The Hall–Kier alpha value is -3.09. The predicted octanol–water partition coefficient (Wildman–Crippen LogP) is 2.30. The zero-order chi connectivity index (χ0) is 16.4. The number of carbonyl (C=O) groups excluding carboxylic acids is 1. The molecule has 0 unspecified atom stereocenters. The van der Waals surface area contributed by atoms with E-state index in [0.29, 0.717) is 17.5 Å². The first-order valence-corrected chi connectivity index (χ1v) is 7.13. The molecule has 0 aromatic carbocycles. The number of carbonyl (C=O) groups is 1. The number of hydrogen-bond acceptors (Lipinski definition) is 5. The topological polar surface area (TPSA) is 85.6 Å². The minimum absolute atomic E-state index is 0.194. The summed E-state index contributed by atoms with van der Waals surface area (Å²) in [6.45, 7) is 5.31. The van der Waals surface area contributed by atoms with Crippen LogP contribution in [-0.2, 0) is 4.79 Å². The maximum Gasteiger partial charge on any atom is 0.222 e. The molecule has 0 radical (unpaired) electrons. The normalized spacial score (nSPS) is 10.6. The molecular weight excluding hydrogens is 292 g/mol. The molecule has 1 amide bonds. The van der Waals surface area contributed by atoms with Crippen molar-refractivity contribution in [1.29, 1.82) is 0 Å². The Morgan fingerprint density at radius 1 is 1.22 bits per heavy atom. The summed E-state index contributed by atoms with van der Waals surface area (Å²) >= 11 is 0. The molecule has 0 fully saturated rings. The Morgan fingerprint density at radius 2 is 2.04 bits per heavy atom. The predicted molar refractivity (Wildman–Crippen MR) is 86.2 cm³/mol. The Bertz CT molecular complexity index is 856. The van der Waals surface area contributed by atoms with Crippen LogP contribution in [0.4, 0.5) is 5.82 Å². The monoisotopic (exact) mass is 308 g/mol. The molecule has 0 atom stereocenters. The number of hydrogen-bond donors (Lipinski definition) is 1. The number of nitrogens with zero attached hydrogens (tertiary/aromatic N) is 5. The molecular formula is C16H16N6O. The molecule has 3 aromatic rings. The SMILES string of the molecule is CC(=O)Nc1cc(-n2nc(C)cc2C)nc(-c2cccnc2)n1. The molecule has 116 valence electrons. The number of pyridine rings is 1. The Balaban J connectivity index is 2.15. The summed E-state index contributed by atoms with van der Waals surface area (Å²) in [6.07, 6.45) is 3.36. The van der Waals surface area contributed by atoms with E-state index in [2.05, 4.69) is 25.4 Å². The Kier molecular flexibility index (Phi) is 3.84. The summed E-state index contributed by atoms with van der Waals surface area (Å²) in [5.41, 5.74) is 2.61. The Labute approximate surface area is 133 Å². The maximum atomic E-state index is 11.4. The fraction of sp³-hybridized carbons (Fsp3) is 0.188. The molecule has 3 aromatic heterocycles. The second-order valence-electron chi connectivity index (χ2n) is 5.20. The van der Waals surface area contributed by atoms with E-state index in [-0.39, 0.29) is 5.91 Å². The molecule has 0 aliphatic rings. The van der Waals surface area contributed by atoms with E-state index in [1.807, 2.05) is 32.0 Å². The summed E-state index contributed by atoms with van der Waals surface area (Å²) in [5.74, 6) is 1.30. The van der Waals surface area contributed by atoms with Gasteiger partial charge in [0.2, 0.25) is 5.91 Å². The highest BCUT2D eigenvalue weighted by molar-refractivity contribution is 5.88. The molecule has 0 saturated carbocycles. The lowest BCUT2D eigenvalue weighted by molar-refractivity contribution is -0.114. The van der Waals surface area contributed by atoms with Gasteiger partial charge in [-0.3, -0.25) is 9.78 Å². The fourth-order valence-electron chi connectivity index (χ4n) is 2.27. The fourth-order valence-corrected chi connectivity index (χ4v) is 2.27. The number of nitrogens with one attached hydrogen (secondary N) is 1. The van der Waals surface area contributed by atoms with Crippen molar-refractivity contribution < 1.29 is 4.79 Å². The van der Waals surface area contributed by atoms with Crippen LogP contribution < -0.4 is 5.32 Å². The molecule has 1 N–H and O–H groups in total. The minimum atomic E-state index is -0.194. The van der Waals surface area contributed by atoms with Gasteiger partial charge in [0.05, 0.1) is 5.69 Å². The molecule has 3 heterocycles. The lowest BCUT2D eigenvalue weighted by atomic mass is 10.2. The Morgan fingerprint density at radius 3 is 2.65 bits per heavy atom. The minimum Gasteiger partial charge on any atom is -0.311 e. The van der Waals surface area contributed by atoms with Gasteiger partial charge in [-0.1, -0.05) is 0 Å². The molecule has 23 heavy (non-hydrogen) atoms. The van der Waals surface area contributed by atoms with Crippen molar-refractivity contribution >= 4 is 11.7 Å². The second kappa shape index (κ2) is 5.96. The third-order valence-electron chi connectivity index (χ3n) is 3.16. The zero-order valence-electron chi connectivity index (χ0n) is 13.1. The van der Waals surface area contributed by atoms with Gasteiger partial charge >= 0.3 is 0 Å². The lowest BCUT2D eigenvalue weighted by Gasteiger charge is -2.09. The van der Waals surface area contributed by atoms with E-state index in [1.165, 1.54) is 6.92 Å². The van der Waals surface area contributed by atoms with Crippen molar-refractivity contribution in [2.75, 3.05) is 5.32 Å². The summed E-state index contributed by atoms with van der Waals surface area (Å²) < 4.78 is 1.72. The second-order valence-corrected chi connectivity index (χ2v) is 5.20. The van der Waals surface area contributed by atoms with Crippen molar-refractivity contribution in [2.24, 2.45) is 0 Å². The number of rotatable bonds is 3. The van der Waals surface area contributed by atoms with Gasteiger partial charge in [-0.25, -0.2) is 14.6 Å². The van der Waals surface area contributed by atoms with E-state index in [0.717, 1.165) is 17.0 Å². The third-order valence-corrected chi connectivity index (χ3v) is 3.16. The van der Waals surface area contributed by atoms with E-state index in [4.69, 9.17) is 0 Å². The van der Waals surface area contributed by atoms with Gasteiger partial charge in [-0.05, 0) is 32.0 Å². The first-order chi connectivity index (χ1) is 11.0. The first-order valence-electron chi connectivity index (χ1n) is 7.13. The van der Waals surface area contributed by atoms with Crippen molar-refractivity contribution in [3.8, 4) is 17.2 Å². The van der Waals surface area contributed by atoms with Gasteiger partial charge in [0.1, 0.15) is 5.82 Å². The number of aromatic nitrogens is 5. The summed E-state index contributed by atoms with van der Waals surface area (Å²) in [7, 11) is 0. The van der Waals surface area contributed by atoms with Crippen molar-refractivity contribution in [2.45, 2.75) is 20.8 Å². The van der Waals surface area contributed by atoms with Gasteiger partial charge in [0, 0.05) is 36.6 Å². The highest BCUT2D eigenvalue weighted by Gasteiger charge is 2.12. The molecule has 7 nitrogen and oxygen atoms in total. The summed E-state index contributed by atoms with van der Waals surface area (Å²) in [5, 5.41) is 7.13. The largest absolute Gasteiger partial charge is 0.311 e. The van der Waals surface area contributed by atoms with E-state index in [1.54, 1.807) is 23.1 Å². The first kappa shape index (κ1) is 14.8. The van der Waals surface area contributed by atoms with Gasteiger partial charge in [0.25, 0.3) is 0 Å². The van der Waals surface area contributed by atoms with Gasteiger partial charge in [0.15, 0.2) is 11.6 Å². The standard InChI is InChI=1S/C16H16N6O/c1-10-7-11(2)22(21-10)15-8-14(18-12(3)23)19-16(20-15)13-5-4-6-17-9-13/h4-9H,1-3H3,(H,18,19,20,23). The van der Waals surface area contributed by atoms with Crippen LogP contribution in [0.3, 0.4) is 0 Å². The van der Waals surface area contributed by atoms with Crippen LogP contribution in [0.2, 0.25) is 0 Å². The third kappa shape index (κ3) is 3.23. The molecule has 7 heteroatoms. The van der Waals surface area contributed by atoms with Crippen LogP contribution in [-0.4, -0.2) is 30.6 Å². The van der Waals surface area contributed by atoms with Crippen LogP contribution in [0, 0.1) is 13.8 Å². The van der Waals surface area contributed by atoms with Crippen molar-refractivity contribution in [3.05, 3.63) is 48.0 Å². The van der Waals surface area contributed by atoms with E-state index in [9.17, 15) is 4.79 Å². The van der Waals surface area contributed by atoms with Gasteiger partial charge < -0.3 is 5.32 Å². The molecule has 0 aliphatic heterocycles. The molecule has 0 saturated heterocycles. The molecule has 0 bridgehead atoms. The zero-order valence-corrected chi connectivity index (χ0v) is 13.1. The van der Waals surface area contributed by atoms with Crippen LogP contribution in [0.5, 0.6) is 0 Å². The summed E-state index contributed by atoms with van der Waals surface area (Å²) in [6, 6.07) is 7.34. The molecule has 0 spiro atoms. The number of aryl methyl sites for hydroxylation is 2. The molecule has 3 rings (SSSR count). The number of amides is 1. The average molecular weight is 308 g/mol. The van der Waals surface area contributed by atoms with Crippen molar-refractivity contribution in [3.63, 3.8) is 0 Å². The van der Waals surface area contributed by atoms with Gasteiger partial charge in [-0.2, -0.15) is 5.10 Å². The van der Waals surface area contributed by atoms with Crippen LogP contribution >= 0.6 is 0 Å². The van der Waals surface area contributed by atoms with Crippen LogP contribution in [0.25, 0.3) is 17.2 Å². The van der Waals surface area contributed by atoms with Crippen LogP contribution in [0.15, 0.2) is 36.7 Å². The van der Waals surface area contributed by atoms with E-state index < -0.39 is 0 Å². The van der Waals surface area contributed by atoms with Crippen molar-refractivity contribution in [1.82, 2.24) is 24.7 Å². The quantitative estimate of drug-likeness (QED) is 0.802. The highest BCUT2D eigenvalue weighted by Crippen LogP contribution is 2.20. The smallest absolute Gasteiger partial charge is 0.222 e. The summed E-state index contributed by atoms with van der Waals surface area (Å²) in [4.78, 5) is 24.4. The lowest BCUT2D eigenvalue weighted by Crippen LogP contribution is -2.11. The van der Waals surface area contributed by atoms with Gasteiger partial charge in [-0.15, -0.1) is 0 Å². The van der Waals surface area contributed by atoms with E-state index >= 15 is 0 Å². The van der Waals surface area contributed by atoms with Crippen LogP contribution in [0.1, 0.15) is 18.3 Å². The number of anilines is 1. The highest BCUT2D eigenvalue weighted by atomic mass is 16.1.